The van der Waals surface area contributed by atoms with E-state index in [9.17, 15) is 4.79 Å². The van der Waals surface area contributed by atoms with Crippen molar-refractivity contribution in [1.29, 1.82) is 0 Å². The van der Waals surface area contributed by atoms with E-state index in [4.69, 9.17) is 4.98 Å². The maximum atomic E-state index is 12.1. The van der Waals surface area contributed by atoms with Crippen LogP contribution in [0.3, 0.4) is 0 Å². The van der Waals surface area contributed by atoms with Gasteiger partial charge in [0.1, 0.15) is 11.5 Å². The predicted molar refractivity (Wildman–Crippen MR) is 113 cm³/mol. The molecule has 0 fully saturated rings. The van der Waals surface area contributed by atoms with Crippen molar-refractivity contribution in [2.45, 2.75) is 39.3 Å². The number of hydrogen-bond donors (Lipinski definition) is 2. The molecule has 0 bridgehead atoms. The van der Waals surface area contributed by atoms with Gasteiger partial charge in [-0.05, 0) is 18.6 Å². The summed E-state index contributed by atoms with van der Waals surface area (Å²) in [5.41, 5.74) is 1.12. The summed E-state index contributed by atoms with van der Waals surface area (Å²) in [5.74, 6) is 2.24. The lowest BCUT2D eigenvalue weighted by molar-refractivity contribution is 0.576. The van der Waals surface area contributed by atoms with Crippen LogP contribution in [0.25, 0.3) is 22.9 Å². The molecule has 0 atom stereocenters. The van der Waals surface area contributed by atoms with E-state index < -0.39 is 0 Å². The minimum Gasteiger partial charge on any atom is -0.333 e. The molecular formula is C18H25Cl2N7O. The lowest BCUT2D eigenvalue weighted by atomic mass is 10.3. The Bertz CT molecular complexity index is 939. The summed E-state index contributed by atoms with van der Waals surface area (Å²) in [6, 6.07) is 3.53. The van der Waals surface area contributed by atoms with E-state index in [1.54, 1.807) is 18.3 Å². The van der Waals surface area contributed by atoms with E-state index >= 15 is 0 Å². The van der Waals surface area contributed by atoms with E-state index in [1.807, 2.05) is 10.9 Å². The molecule has 1 aliphatic rings. The molecule has 0 amide bonds. The van der Waals surface area contributed by atoms with Gasteiger partial charge in [0.2, 0.25) is 0 Å². The van der Waals surface area contributed by atoms with Crippen LogP contribution >= 0.6 is 24.8 Å². The first-order chi connectivity index (χ1) is 12.8. The van der Waals surface area contributed by atoms with Crippen LogP contribution in [-0.2, 0) is 19.5 Å². The Kier molecular flexibility index (Phi) is 7.79. The first-order valence-electron chi connectivity index (χ1n) is 9.16. The third-order valence-electron chi connectivity index (χ3n) is 4.60. The van der Waals surface area contributed by atoms with Gasteiger partial charge in [0.05, 0.1) is 5.56 Å². The largest absolute Gasteiger partial charge is 0.333 e. The number of pyridine rings is 1. The fourth-order valence-corrected chi connectivity index (χ4v) is 3.19. The van der Waals surface area contributed by atoms with Crippen molar-refractivity contribution < 1.29 is 0 Å². The fraction of sp³-hybridized carbons (Fsp3) is 0.444. The molecule has 1 aliphatic heterocycles. The first-order valence-corrected chi connectivity index (χ1v) is 9.16. The molecule has 2 N–H and O–H groups in total. The SMILES string of the molecule is CCCCn1nc(-c2ccc[nH]c2=O)nc1-c1cn2c(n1)CCNCC2.Cl.Cl. The van der Waals surface area contributed by atoms with Gasteiger partial charge < -0.3 is 14.9 Å². The second-order valence-corrected chi connectivity index (χ2v) is 6.48. The molecule has 0 saturated heterocycles. The number of rotatable bonds is 5. The summed E-state index contributed by atoms with van der Waals surface area (Å²) in [7, 11) is 0. The zero-order valence-electron chi connectivity index (χ0n) is 15.7. The van der Waals surface area contributed by atoms with E-state index in [0.29, 0.717) is 11.4 Å². The van der Waals surface area contributed by atoms with Crippen LogP contribution in [0.2, 0.25) is 0 Å². The number of halogens is 2. The highest BCUT2D eigenvalue weighted by molar-refractivity contribution is 5.85. The van der Waals surface area contributed by atoms with E-state index in [-0.39, 0.29) is 30.4 Å². The van der Waals surface area contributed by atoms with Gasteiger partial charge in [-0.25, -0.2) is 14.6 Å². The standard InChI is InChI=1S/C18H23N7O.2ClH/c1-2-3-10-25-17(14-12-24-11-9-19-8-6-15(24)21-14)22-16(23-25)13-5-4-7-20-18(13)26;;/h4-5,7,12,19H,2-3,6,8-11H2,1H3,(H,20,26);2*1H. The van der Waals surface area contributed by atoms with Crippen molar-refractivity contribution in [2.75, 3.05) is 13.1 Å². The summed E-state index contributed by atoms with van der Waals surface area (Å²) < 4.78 is 4.06. The van der Waals surface area contributed by atoms with Gasteiger partial charge in [-0.2, -0.15) is 5.10 Å². The van der Waals surface area contributed by atoms with E-state index in [0.717, 1.165) is 62.8 Å². The molecule has 0 spiro atoms. The monoisotopic (exact) mass is 425 g/mol. The van der Waals surface area contributed by atoms with Crippen LogP contribution in [0.4, 0.5) is 0 Å². The molecule has 4 heterocycles. The first kappa shape index (κ1) is 22.1. The topological polar surface area (TPSA) is 93.4 Å². The molecule has 3 aromatic rings. The van der Waals surface area contributed by atoms with Gasteiger partial charge in [0.25, 0.3) is 5.56 Å². The number of fused-ring (bicyclic) bond motifs is 1. The third-order valence-corrected chi connectivity index (χ3v) is 4.60. The predicted octanol–water partition coefficient (Wildman–Crippen LogP) is 2.29. The van der Waals surface area contributed by atoms with Crippen molar-refractivity contribution in [3.05, 3.63) is 40.7 Å². The molecule has 0 aliphatic carbocycles. The average Bonchev–Trinajstić information content (AvgIpc) is 3.18. The summed E-state index contributed by atoms with van der Waals surface area (Å²) in [6.07, 6.45) is 6.62. The molecule has 0 saturated carbocycles. The van der Waals surface area contributed by atoms with Gasteiger partial charge in [-0.15, -0.1) is 24.8 Å². The van der Waals surface area contributed by atoms with Gasteiger partial charge in [0.15, 0.2) is 11.6 Å². The summed E-state index contributed by atoms with van der Waals surface area (Å²) in [4.78, 5) is 24.3. The van der Waals surface area contributed by atoms with E-state index in [2.05, 4.69) is 31.9 Å². The number of aromatic amines is 1. The molecule has 0 radical (unpaired) electrons. The normalized spacial score (nSPS) is 13.2. The average molecular weight is 426 g/mol. The van der Waals surface area contributed by atoms with Crippen LogP contribution < -0.4 is 10.9 Å². The number of unbranched alkanes of at least 4 members (excludes halogenated alkanes) is 1. The van der Waals surface area contributed by atoms with Crippen molar-refractivity contribution in [3.63, 3.8) is 0 Å². The number of aromatic nitrogens is 6. The Morgan fingerprint density at radius 2 is 2.07 bits per heavy atom. The quantitative estimate of drug-likeness (QED) is 0.653. The zero-order valence-corrected chi connectivity index (χ0v) is 17.4. The van der Waals surface area contributed by atoms with Crippen LogP contribution in [0.15, 0.2) is 29.3 Å². The lowest BCUT2D eigenvalue weighted by Gasteiger charge is -2.02. The Morgan fingerprint density at radius 1 is 1.21 bits per heavy atom. The molecule has 3 aromatic heterocycles. The van der Waals surface area contributed by atoms with Gasteiger partial charge in [-0.1, -0.05) is 13.3 Å². The van der Waals surface area contributed by atoms with Crippen LogP contribution in [0.5, 0.6) is 0 Å². The Morgan fingerprint density at radius 3 is 2.86 bits per heavy atom. The highest BCUT2D eigenvalue weighted by Gasteiger charge is 2.19. The second-order valence-electron chi connectivity index (χ2n) is 6.48. The summed E-state index contributed by atoms with van der Waals surface area (Å²) >= 11 is 0. The Hall–Kier alpha value is -2.16. The van der Waals surface area contributed by atoms with Gasteiger partial charge in [0, 0.05) is 45.0 Å². The van der Waals surface area contributed by atoms with E-state index in [1.165, 1.54) is 0 Å². The minimum atomic E-state index is -0.182. The number of hydrogen-bond acceptors (Lipinski definition) is 5. The van der Waals surface area contributed by atoms with Crippen molar-refractivity contribution >= 4 is 24.8 Å². The second kappa shape index (κ2) is 9.86. The molecule has 28 heavy (non-hydrogen) atoms. The lowest BCUT2D eigenvalue weighted by Crippen LogP contribution is -2.17. The number of imidazole rings is 1. The molecular weight excluding hydrogens is 401 g/mol. The van der Waals surface area contributed by atoms with Gasteiger partial charge >= 0.3 is 0 Å². The highest BCUT2D eigenvalue weighted by Crippen LogP contribution is 2.22. The Labute approximate surface area is 175 Å². The van der Waals surface area contributed by atoms with Gasteiger partial charge in [-0.3, -0.25) is 4.79 Å². The van der Waals surface area contributed by atoms with Crippen LogP contribution in [0.1, 0.15) is 25.6 Å². The zero-order chi connectivity index (χ0) is 17.9. The third kappa shape index (κ3) is 4.45. The number of aryl methyl sites for hydroxylation is 1. The van der Waals surface area contributed by atoms with Crippen molar-refractivity contribution in [3.8, 4) is 22.9 Å². The van der Waals surface area contributed by atoms with Crippen LogP contribution in [0, 0.1) is 0 Å². The molecule has 8 nitrogen and oxygen atoms in total. The number of H-pyrrole nitrogens is 1. The Balaban J connectivity index is 0.00000140. The molecule has 4 rings (SSSR count). The maximum Gasteiger partial charge on any atom is 0.259 e. The number of nitrogens with zero attached hydrogens (tertiary/aromatic N) is 5. The van der Waals surface area contributed by atoms with Crippen molar-refractivity contribution in [2.24, 2.45) is 0 Å². The van der Waals surface area contributed by atoms with Crippen LogP contribution in [-0.4, -0.2) is 42.4 Å². The highest BCUT2D eigenvalue weighted by atomic mass is 35.5. The maximum absolute atomic E-state index is 12.1. The molecule has 0 unspecified atom stereocenters. The molecule has 152 valence electrons. The summed E-state index contributed by atoms with van der Waals surface area (Å²) in [5, 5.41) is 7.98. The summed E-state index contributed by atoms with van der Waals surface area (Å²) in [6.45, 7) is 5.68. The fourth-order valence-electron chi connectivity index (χ4n) is 3.19. The number of nitrogens with one attached hydrogen (secondary N) is 2. The smallest absolute Gasteiger partial charge is 0.259 e. The molecule has 10 heteroatoms. The van der Waals surface area contributed by atoms with Crippen molar-refractivity contribution in [1.82, 2.24) is 34.6 Å². The molecule has 0 aromatic carbocycles. The minimum absolute atomic E-state index is 0.